The molecule has 4 heteroatoms. The summed E-state index contributed by atoms with van der Waals surface area (Å²) in [6.45, 7) is 11.4. The van der Waals surface area contributed by atoms with Gasteiger partial charge < -0.3 is 10.1 Å². The van der Waals surface area contributed by atoms with Crippen LogP contribution in [0.25, 0.3) is 0 Å². The van der Waals surface area contributed by atoms with E-state index in [1.165, 1.54) is 11.1 Å². The van der Waals surface area contributed by atoms with Crippen molar-refractivity contribution in [2.24, 2.45) is 0 Å². The van der Waals surface area contributed by atoms with Crippen LogP contribution in [0.5, 0.6) is 0 Å². The second kappa shape index (κ2) is 8.02. The summed E-state index contributed by atoms with van der Waals surface area (Å²) >= 11 is 0. The number of hydrogen-bond donors (Lipinski definition) is 1. The van der Waals surface area contributed by atoms with Crippen molar-refractivity contribution in [3.05, 3.63) is 64.7 Å². The molecular formula is C25H31NO3. The van der Waals surface area contributed by atoms with E-state index < -0.39 is 0 Å². The maximum Gasteiger partial charge on any atom is 0.338 e. The highest BCUT2D eigenvalue weighted by Gasteiger charge is 2.37. The third kappa shape index (κ3) is 4.52. The second-order valence-electron chi connectivity index (χ2n) is 9.20. The lowest BCUT2D eigenvalue weighted by Gasteiger charge is -2.42. The van der Waals surface area contributed by atoms with Gasteiger partial charge in [0.2, 0.25) is 0 Å². The molecule has 1 N–H and O–H groups in total. The number of fused-ring (bicyclic) bond motifs is 1. The van der Waals surface area contributed by atoms with E-state index in [0.29, 0.717) is 23.4 Å². The monoisotopic (exact) mass is 393 g/mol. The van der Waals surface area contributed by atoms with Gasteiger partial charge in [-0.05, 0) is 77.6 Å². The first-order valence-electron chi connectivity index (χ1n) is 10.4. The fraction of sp³-hybridized carbons (Fsp3) is 0.440. The molecule has 0 aliphatic heterocycles. The average molecular weight is 394 g/mol. The minimum Gasteiger partial charge on any atom is -0.462 e. The van der Waals surface area contributed by atoms with Crippen LogP contribution in [-0.2, 0) is 15.6 Å². The molecule has 1 amide bonds. The maximum absolute atomic E-state index is 12.8. The van der Waals surface area contributed by atoms with Crippen LogP contribution >= 0.6 is 0 Å². The Morgan fingerprint density at radius 2 is 1.48 bits per heavy atom. The van der Waals surface area contributed by atoms with Crippen LogP contribution in [0.2, 0.25) is 0 Å². The molecule has 0 aromatic heterocycles. The summed E-state index contributed by atoms with van der Waals surface area (Å²) in [5.74, 6) is -0.488. The highest BCUT2D eigenvalue weighted by Crippen LogP contribution is 2.45. The van der Waals surface area contributed by atoms with Crippen LogP contribution in [-0.4, -0.2) is 18.5 Å². The Morgan fingerprint density at radius 1 is 0.897 bits per heavy atom. The zero-order valence-electron chi connectivity index (χ0n) is 18.1. The molecule has 0 atom stereocenters. The van der Waals surface area contributed by atoms with E-state index in [1.54, 1.807) is 24.3 Å². The number of ether oxygens (including phenoxy) is 1. The zero-order valence-corrected chi connectivity index (χ0v) is 18.1. The number of carbonyl (C=O) groups excluding carboxylic acids is 2. The second-order valence-corrected chi connectivity index (χ2v) is 9.20. The number of rotatable bonds is 5. The third-order valence-corrected chi connectivity index (χ3v) is 5.93. The summed E-state index contributed by atoms with van der Waals surface area (Å²) in [4.78, 5) is 24.7. The highest BCUT2D eigenvalue weighted by molar-refractivity contribution is 6.04. The number of benzene rings is 2. The van der Waals surface area contributed by atoms with Gasteiger partial charge in [-0.3, -0.25) is 4.79 Å². The standard InChI is InChI=1S/C25H31NO3/c1-6-15-29-23(28)17-7-10-19(11-8-17)26-22(27)18-9-12-20-21(16-18)25(4,5)14-13-24(20,2)3/h7-12,16H,6,13-15H2,1-5H3,(H,26,27). The molecule has 2 aromatic carbocycles. The van der Waals surface area contributed by atoms with Gasteiger partial charge in [0.05, 0.1) is 12.2 Å². The molecule has 29 heavy (non-hydrogen) atoms. The first-order valence-corrected chi connectivity index (χ1v) is 10.4. The average Bonchev–Trinajstić information content (AvgIpc) is 2.70. The molecule has 0 saturated carbocycles. The Labute approximate surface area is 173 Å². The minimum absolute atomic E-state index is 0.0572. The molecule has 3 rings (SSSR count). The van der Waals surface area contributed by atoms with Crippen LogP contribution in [0.4, 0.5) is 5.69 Å². The molecule has 4 nitrogen and oxygen atoms in total. The third-order valence-electron chi connectivity index (χ3n) is 5.93. The molecule has 2 aromatic rings. The van der Waals surface area contributed by atoms with Crippen molar-refractivity contribution in [3.63, 3.8) is 0 Å². The van der Waals surface area contributed by atoms with Crippen molar-refractivity contribution in [2.75, 3.05) is 11.9 Å². The Bertz CT molecular complexity index is 910. The van der Waals surface area contributed by atoms with E-state index >= 15 is 0 Å². The van der Waals surface area contributed by atoms with E-state index in [4.69, 9.17) is 4.74 Å². The van der Waals surface area contributed by atoms with Gasteiger partial charge in [-0.2, -0.15) is 0 Å². The molecule has 0 fully saturated rings. The van der Waals surface area contributed by atoms with E-state index in [-0.39, 0.29) is 22.7 Å². The fourth-order valence-electron chi connectivity index (χ4n) is 3.90. The maximum atomic E-state index is 12.8. The van der Waals surface area contributed by atoms with Gasteiger partial charge in [0.1, 0.15) is 0 Å². The first-order chi connectivity index (χ1) is 13.6. The van der Waals surface area contributed by atoms with E-state index in [1.807, 2.05) is 19.1 Å². The van der Waals surface area contributed by atoms with Crippen LogP contribution < -0.4 is 5.32 Å². The van der Waals surface area contributed by atoms with Crippen LogP contribution in [0, 0.1) is 0 Å². The lowest BCUT2D eigenvalue weighted by molar-refractivity contribution is 0.0505. The van der Waals surface area contributed by atoms with E-state index in [9.17, 15) is 9.59 Å². The molecular weight excluding hydrogens is 362 g/mol. The van der Waals surface area contributed by atoms with Crippen molar-refractivity contribution in [1.82, 2.24) is 0 Å². The van der Waals surface area contributed by atoms with Crippen LogP contribution in [0.3, 0.4) is 0 Å². The van der Waals surface area contributed by atoms with Gasteiger partial charge in [0.15, 0.2) is 0 Å². The highest BCUT2D eigenvalue weighted by atomic mass is 16.5. The summed E-state index contributed by atoms with van der Waals surface area (Å²) in [6.07, 6.45) is 3.04. The molecule has 1 aliphatic carbocycles. The Kier molecular flexibility index (Phi) is 5.83. The smallest absolute Gasteiger partial charge is 0.338 e. The van der Waals surface area contributed by atoms with Crippen molar-refractivity contribution < 1.29 is 14.3 Å². The largest absolute Gasteiger partial charge is 0.462 e. The molecule has 0 radical (unpaired) electrons. The first kappa shape index (κ1) is 21.1. The Balaban J connectivity index is 1.77. The van der Waals surface area contributed by atoms with E-state index in [0.717, 1.165) is 19.3 Å². The van der Waals surface area contributed by atoms with E-state index in [2.05, 4.69) is 39.1 Å². The number of anilines is 1. The summed E-state index contributed by atoms with van der Waals surface area (Å²) in [5.41, 5.74) is 4.56. The van der Waals surface area contributed by atoms with Gasteiger partial charge in [-0.15, -0.1) is 0 Å². The predicted octanol–water partition coefficient (Wildman–Crippen LogP) is 5.85. The van der Waals surface area contributed by atoms with Gasteiger partial charge in [-0.25, -0.2) is 4.79 Å². The molecule has 0 spiro atoms. The number of carbonyl (C=O) groups is 2. The minimum atomic E-state index is -0.343. The summed E-state index contributed by atoms with van der Waals surface area (Å²) in [5, 5.41) is 2.93. The van der Waals surface area contributed by atoms with Crippen molar-refractivity contribution >= 4 is 17.6 Å². The van der Waals surface area contributed by atoms with Crippen LogP contribution in [0.15, 0.2) is 42.5 Å². The Hall–Kier alpha value is -2.62. The lowest BCUT2D eigenvalue weighted by Crippen LogP contribution is -2.34. The molecule has 154 valence electrons. The Morgan fingerprint density at radius 3 is 2.10 bits per heavy atom. The van der Waals surface area contributed by atoms with Gasteiger partial charge in [-0.1, -0.05) is 40.7 Å². The van der Waals surface area contributed by atoms with Crippen molar-refractivity contribution in [1.29, 1.82) is 0 Å². The molecule has 1 aliphatic rings. The predicted molar refractivity (Wildman–Crippen MR) is 117 cm³/mol. The van der Waals surface area contributed by atoms with Gasteiger partial charge in [0.25, 0.3) is 5.91 Å². The van der Waals surface area contributed by atoms with Crippen LogP contribution in [0.1, 0.15) is 85.7 Å². The molecule has 0 saturated heterocycles. The quantitative estimate of drug-likeness (QED) is 0.648. The lowest BCUT2D eigenvalue weighted by atomic mass is 9.63. The number of amides is 1. The summed E-state index contributed by atoms with van der Waals surface area (Å²) < 4.78 is 5.13. The summed E-state index contributed by atoms with van der Waals surface area (Å²) in [7, 11) is 0. The molecule has 0 bridgehead atoms. The topological polar surface area (TPSA) is 55.4 Å². The number of hydrogen-bond acceptors (Lipinski definition) is 3. The van der Waals surface area contributed by atoms with Crippen molar-refractivity contribution in [3.8, 4) is 0 Å². The zero-order chi connectivity index (χ0) is 21.2. The normalized spacial score (nSPS) is 16.6. The molecule has 0 heterocycles. The van der Waals surface area contributed by atoms with Gasteiger partial charge >= 0.3 is 5.97 Å². The summed E-state index contributed by atoms with van der Waals surface area (Å²) in [6, 6.07) is 12.9. The number of esters is 1. The van der Waals surface area contributed by atoms with Gasteiger partial charge in [0, 0.05) is 11.3 Å². The fourth-order valence-corrected chi connectivity index (χ4v) is 3.90. The SMILES string of the molecule is CCCOC(=O)c1ccc(NC(=O)c2ccc3c(c2)C(C)(C)CCC3(C)C)cc1. The number of nitrogens with one attached hydrogen (secondary N) is 1. The molecule has 0 unspecified atom stereocenters. The van der Waals surface area contributed by atoms with Crippen molar-refractivity contribution in [2.45, 2.75) is 64.7 Å².